The van der Waals surface area contributed by atoms with Gasteiger partial charge in [0, 0.05) is 11.3 Å². The van der Waals surface area contributed by atoms with E-state index in [0.717, 1.165) is 12.0 Å². The zero-order chi connectivity index (χ0) is 7.68. The lowest BCUT2D eigenvalue weighted by Gasteiger charge is -2.21. The van der Waals surface area contributed by atoms with Gasteiger partial charge in [-0.2, -0.15) is 12.6 Å². The maximum absolute atomic E-state index is 4.62. The van der Waals surface area contributed by atoms with Crippen LogP contribution in [0.1, 0.15) is 32.1 Å². The second-order valence-corrected chi connectivity index (χ2v) is 4.53. The normalized spacial score (nSPS) is 45.0. The van der Waals surface area contributed by atoms with Gasteiger partial charge in [0.2, 0.25) is 0 Å². The van der Waals surface area contributed by atoms with Crippen molar-refractivity contribution >= 4 is 12.6 Å². The largest absolute Gasteiger partial charge is 0.314 e. The Labute approximate surface area is 74.4 Å². The van der Waals surface area contributed by atoms with Crippen LogP contribution in [-0.4, -0.2) is 17.8 Å². The number of thiol groups is 1. The van der Waals surface area contributed by atoms with Gasteiger partial charge in [-0.15, -0.1) is 0 Å². The molecule has 1 heterocycles. The maximum Gasteiger partial charge on any atom is 0.0106 e. The Morgan fingerprint density at radius 3 is 2.55 bits per heavy atom. The van der Waals surface area contributed by atoms with Crippen molar-refractivity contribution in [1.82, 2.24) is 5.32 Å². The van der Waals surface area contributed by atoms with Crippen LogP contribution in [0.5, 0.6) is 0 Å². The minimum absolute atomic E-state index is 0.686. The van der Waals surface area contributed by atoms with E-state index in [1.807, 2.05) is 0 Å². The fourth-order valence-electron chi connectivity index (χ4n) is 2.52. The molecule has 1 N–H and O–H groups in total. The van der Waals surface area contributed by atoms with Crippen LogP contribution in [0.15, 0.2) is 0 Å². The Hall–Kier alpha value is 0.310. The van der Waals surface area contributed by atoms with Crippen LogP contribution in [0.4, 0.5) is 0 Å². The van der Waals surface area contributed by atoms with Crippen molar-refractivity contribution in [2.75, 3.05) is 6.54 Å². The minimum atomic E-state index is 0.686. The second kappa shape index (κ2) is 3.36. The molecule has 0 aromatic rings. The van der Waals surface area contributed by atoms with Crippen molar-refractivity contribution < 1.29 is 0 Å². The lowest BCUT2D eigenvalue weighted by Crippen LogP contribution is -2.32. The summed E-state index contributed by atoms with van der Waals surface area (Å²) in [5, 5.41) is 4.27. The van der Waals surface area contributed by atoms with Crippen molar-refractivity contribution in [3.05, 3.63) is 0 Å². The van der Waals surface area contributed by atoms with Crippen LogP contribution in [0.2, 0.25) is 0 Å². The molecule has 2 heteroatoms. The Balaban J connectivity index is 1.92. The molecule has 2 aliphatic rings. The van der Waals surface area contributed by atoms with E-state index >= 15 is 0 Å². The quantitative estimate of drug-likeness (QED) is 0.574. The van der Waals surface area contributed by atoms with Gasteiger partial charge in [-0.05, 0) is 38.1 Å². The Morgan fingerprint density at radius 1 is 1.09 bits per heavy atom. The first kappa shape index (κ1) is 7.93. The molecule has 0 spiro atoms. The van der Waals surface area contributed by atoms with Crippen LogP contribution >= 0.6 is 12.6 Å². The van der Waals surface area contributed by atoms with Crippen molar-refractivity contribution in [3.8, 4) is 0 Å². The summed E-state index contributed by atoms with van der Waals surface area (Å²) in [7, 11) is 0. The summed E-state index contributed by atoms with van der Waals surface area (Å²) in [5.74, 6) is 0.876. The van der Waals surface area contributed by atoms with Crippen molar-refractivity contribution in [2.24, 2.45) is 5.92 Å². The van der Waals surface area contributed by atoms with E-state index in [0.29, 0.717) is 5.25 Å². The summed E-state index contributed by atoms with van der Waals surface area (Å²) in [6.45, 7) is 1.24. The summed E-state index contributed by atoms with van der Waals surface area (Å²) < 4.78 is 0. The molecule has 3 atom stereocenters. The molecule has 2 rings (SSSR count). The lowest BCUT2D eigenvalue weighted by molar-refractivity contribution is 0.407. The van der Waals surface area contributed by atoms with Crippen molar-refractivity contribution in [2.45, 2.75) is 43.4 Å². The van der Waals surface area contributed by atoms with Crippen LogP contribution in [-0.2, 0) is 0 Å². The molecule has 0 aromatic heterocycles. The van der Waals surface area contributed by atoms with Gasteiger partial charge in [-0.1, -0.05) is 6.42 Å². The molecule has 64 valence electrons. The SMILES string of the molecule is SC1CCCC1C1CCCN1. The molecule has 1 nitrogen and oxygen atoms in total. The van der Waals surface area contributed by atoms with Crippen LogP contribution in [0.3, 0.4) is 0 Å². The first-order valence-electron chi connectivity index (χ1n) is 4.79. The van der Waals surface area contributed by atoms with E-state index in [1.54, 1.807) is 0 Å². The molecule has 11 heavy (non-hydrogen) atoms. The van der Waals surface area contributed by atoms with E-state index in [4.69, 9.17) is 0 Å². The van der Waals surface area contributed by atoms with Gasteiger partial charge in [-0.25, -0.2) is 0 Å². The fraction of sp³-hybridized carbons (Fsp3) is 1.00. The van der Waals surface area contributed by atoms with Gasteiger partial charge in [0.1, 0.15) is 0 Å². The number of nitrogens with one attached hydrogen (secondary N) is 1. The highest BCUT2D eigenvalue weighted by atomic mass is 32.1. The van der Waals surface area contributed by atoms with E-state index in [-0.39, 0.29) is 0 Å². The van der Waals surface area contributed by atoms with Gasteiger partial charge in [0.05, 0.1) is 0 Å². The summed E-state index contributed by atoms with van der Waals surface area (Å²) in [6, 6.07) is 0.806. The molecule has 2 fully saturated rings. The third kappa shape index (κ3) is 1.57. The molecule has 1 aliphatic carbocycles. The van der Waals surface area contributed by atoms with E-state index in [2.05, 4.69) is 17.9 Å². The van der Waals surface area contributed by atoms with Crippen molar-refractivity contribution in [3.63, 3.8) is 0 Å². The molecule has 3 unspecified atom stereocenters. The van der Waals surface area contributed by atoms with Crippen LogP contribution in [0.25, 0.3) is 0 Å². The predicted octanol–water partition coefficient (Wildman–Crippen LogP) is 1.84. The van der Waals surface area contributed by atoms with E-state index in [1.165, 1.54) is 38.6 Å². The molecule has 0 radical (unpaired) electrons. The first-order chi connectivity index (χ1) is 5.38. The second-order valence-electron chi connectivity index (χ2n) is 3.86. The molecule has 0 aromatic carbocycles. The summed E-state index contributed by atoms with van der Waals surface area (Å²) in [4.78, 5) is 0. The maximum atomic E-state index is 4.62. The first-order valence-corrected chi connectivity index (χ1v) is 5.31. The number of rotatable bonds is 1. The average Bonchev–Trinajstić information content (AvgIpc) is 2.55. The Bertz CT molecular complexity index is 132. The van der Waals surface area contributed by atoms with Crippen molar-refractivity contribution in [1.29, 1.82) is 0 Å². The smallest absolute Gasteiger partial charge is 0.0106 e. The molecule has 0 amide bonds. The molecule has 0 bridgehead atoms. The highest BCUT2D eigenvalue weighted by Gasteiger charge is 2.32. The van der Waals surface area contributed by atoms with Gasteiger partial charge >= 0.3 is 0 Å². The molecular formula is C9H17NS. The Morgan fingerprint density at radius 2 is 2.00 bits per heavy atom. The molecule has 1 aliphatic heterocycles. The highest BCUT2D eigenvalue weighted by molar-refractivity contribution is 7.81. The summed E-state index contributed by atoms with van der Waals surface area (Å²) in [6.07, 6.45) is 6.91. The topological polar surface area (TPSA) is 12.0 Å². The van der Waals surface area contributed by atoms with Crippen LogP contribution < -0.4 is 5.32 Å². The van der Waals surface area contributed by atoms with Gasteiger partial charge < -0.3 is 5.32 Å². The van der Waals surface area contributed by atoms with E-state index in [9.17, 15) is 0 Å². The third-order valence-corrected chi connectivity index (χ3v) is 3.79. The zero-order valence-corrected chi connectivity index (χ0v) is 7.82. The lowest BCUT2D eigenvalue weighted by atomic mass is 9.97. The van der Waals surface area contributed by atoms with Gasteiger partial charge in [0.25, 0.3) is 0 Å². The number of hydrogen-bond donors (Lipinski definition) is 2. The zero-order valence-electron chi connectivity index (χ0n) is 6.92. The predicted molar refractivity (Wildman–Crippen MR) is 51.1 cm³/mol. The third-order valence-electron chi connectivity index (χ3n) is 3.15. The average molecular weight is 171 g/mol. The summed E-state index contributed by atoms with van der Waals surface area (Å²) >= 11 is 4.62. The fourth-order valence-corrected chi connectivity index (χ4v) is 3.05. The summed E-state index contributed by atoms with van der Waals surface area (Å²) in [5.41, 5.74) is 0. The Kier molecular flexibility index (Phi) is 2.42. The minimum Gasteiger partial charge on any atom is -0.314 e. The monoisotopic (exact) mass is 171 g/mol. The van der Waals surface area contributed by atoms with Gasteiger partial charge in [0.15, 0.2) is 0 Å². The molecular weight excluding hydrogens is 154 g/mol. The molecule has 1 saturated carbocycles. The molecule has 1 saturated heterocycles. The van der Waals surface area contributed by atoms with Gasteiger partial charge in [-0.3, -0.25) is 0 Å². The highest BCUT2D eigenvalue weighted by Crippen LogP contribution is 2.34. The van der Waals surface area contributed by atoms with Crippen LogP contribution in [0, 0.1) is 5.92 Å². The number of hydrogen-bond acceptors (Lipinski definition) is 2. The van der Waals surface area contributed by atoms with E-state index < -0.39 is 0 Å². The standard InChI is InChI=1S/C9H17NS/c11-9-5-1-3-7(9)8-4-2-6-10-8/h7-11H,1-6H2.